The highest BCUT2D eigenvalue weighted by Gasteiger charge is 2.25. The first-order valence-corrected chi connectivity index (χ1v) is 8.03. The molecule has 2 rings (SSSR count). The lowest BCUT2D eigenvalue weighted by Crippen LogP contribution is -2.19. The summed E-state index contributed by atoms with van der Waals surface area (Å²) < 4.78 is 9.68. The molecule has 1 heterocycles. The Morgan fingerprint density at radius 3 is 2.77 bits per heavy atom. The van der Waals surface area contributed by atoms with Crippen molar-refractivity contribution in [2.75, 3.05) is 14.2 Å². The average Bonchev–Trinajstić information content (AvgIpc) is 2.94. The zero-order valence-corrected chi connectivity index (χ0v) is 14.7. The van der Waals surface area contributed by atoms with Crippen molar-refractivity contribution in [2.45, 2.75) is 6.42 Å². The number of aliphatic carboxylic acids is 1. The second-order valence-corrected chi connectivity index (χ2v) is 5.92. The van der Waals surface area contributed by atoms with Gasteiger partial charge in [-0.25, -0.2) is 4.79 Å². The predicted octanol–water partition coefficient (Wildman–Crippen LogP) is 0.932. The Hall–Kier alpha value is -3.14. The maximum Gasteiger partial charge on any atom is 0.331 e. The number of methoxy groups -OCH3 is 2. The molecule has 26 heavy (non-hydrogen) atoms. The van der Waals surface area contributed by atoms with Crippen LogP contribution in [0.15, 0.2) is 39.4 Å². The number of hydrogen-bond acceptors (Lipinski definition) is 8. The van der Waals surface area contributed by atoms with Crippen LogP contribution in [-0.2, 0) is 25.5 Å². The maximum absolute atomic E-state index is 11.7. The van der Waals surface area contributed by atoms with Gasteiger partial charge in [-0.2, -0.15) is 5.10 Å². The van der Waals surface area contributed by atoms with Gasteiger partial charge in [-0.1, -0.05) is 6.07 Å². The number of rotatable bonds is 6. The molecule has 1 aliphatic rings. The SMILES string of the molecule is COC(=O)/C=C1/S/C(=N\N=Cc2ccc(CC(=O)O)cc2OC)NC1=O. The summed E-state index contributed by atoms with van der Waals surface area (Å²) in [5.41, 5.74) is 1.18. The van der Waals surface area contributed by atoms with Crippen molar-refractivity contribution >= 4 is 41.0 Å². The summed E-state index contributed by atoms with van der Waals surface area (Å²) in [6.45, 7) is 0. The number of carbonyl (C=O) groups is 3. The van der Waals surface area contributed by atoms with Crippen molar-refractivity contribution in [3.63, 3.8) is 0 Å². The molecule has 2 N–H and O–H groups in total. The molecule has 1 amide bonds. The van der Waals surface area contributed by atoms with E-state index in [-0.39, 0.29) is 16.5 Å². The summed E-state index contributed by atoms with van der Waals surface area (Å²) in [5, 5.41) is 19.2. The first-order valence-electron chi connectivity index (χ1n) is 7.21. The molecule has 0 radical (unpaired) electrons. The van der Waals surface area contributed by atoms with Crippen LogP contribution in [0.5, 0.6) is 5.75 Å². The van der Waals surface area contributed by atoms with Gasteiger partial charge in [0.05, 0.1) is 31.8 Å². The van der Waals surface area contributed by atoms with Crippen LogP contribution in [0.2, 0.25) is 0 Å². The van der Waals surface area contributed by atoms with Gasteiger partial charge in [-0.3, -0.25) is 14.9 Å². The maximum atomic E-state index is 11.7. The minimum Gasteiger partial charge on any atom is -0.496 e. The van der Waals surface area contributed by atoms with E-state index in [1.165, 1.54) is 20.4 Å². The number of carboxylic acid groups (broad SMARTS) is 1. The lowest BCUT2D eigenvalue weighted by atomic mass is 10.1. The van der Waals surface area contributed by atoms with Gasteiger partial charge in [-0.05, 0) is 29.5 Å². The van der Waals surface area contributed by atoms with Crippen LogP contribution in [-0.4, -0.2) is 48.6 Å². The number of amides is 1. The fourth-order valence-corrected chi connectivity index (χ4v) is 2.67. The molecule has 1 aliphatic heterocycles. The molecule has 0 spiro atoms. The van der Waals surface area contributed by atoms with E-state index in [1.54, 1.807) is 18.2 Å². The smallest absolute Gasteiger partial charge is 0.331 e. The minimum atomic E-state index is -0.940. The quantitative estimate of drug-likeness (QED) is 0.327. The van der Waals surface area contributed by atoms with Gasteiger partial charge in [0.2, 0.25) is 0 Å². The van der Waals surface area contributed by atoms with Gasteiger partial charge in [0, 0.05) is 11.6 Å². The number of thioether (sulfide) groups is 1. The highest BCUT2D eigenvalue weighted by molar-refractivity contribution is 8.18. The Morgan fingerprint density at radius 1 is 1.35 bits per heavy atom. The van der Waals surface area contributed by atoms with Gasteiger partial charge in [0.15, 0.2) is 5.17 Å². The number of ether oxygens (including phenoxy) is 2. The van der Waals surface area contributed by atoms with E-state index in [4.69, 9.17) is 9.84 Å². The van der Waals surface area contributed by atoms with Gasteiger partial charge < -0.3 is 14.6 Å². The van der Waals surface area contributed by atoms with Crippen LogP contribution >= 0.6 is 11.8 Å². The fraction of sp³-hybridized carbons (Fsp3) is 0.188. The van der Waals surface area contributed by atoms with Crippen molar-refractivity contribution < 1.29 is 29.0 Å². The predicted molar refractivity (Wildman–Crippen MR) is 95.2 cm³/mol. The third-order valence-electron chi connectivity index (χ3n) is 3.10. The molecule has 1 saturated heterocycles. The number of hydrogen-bond donors (Lipinski definition) is 2. The summed E-state index contributed by atoms with van der Waals surface area (Å²) >= 11 is 0.956. The summed E-state index contributed by atoms with van der Waals surface area (Å²) in [6.07, 6.45) is 2.36. The number of nitrogens with one attached hydrogen (secondary N) is 1. The van der Waals surface area contributed by atoms with E-state index < -0.39 is 17.8 Å². The number of esters is 1. The molecule has 0 atom stereocenters. The van der Waals surface area contributed by atoms with Crippen LogP contribution in [0.3, 0.4) is 0 Å². The van der Waals surface area contributed by atoms with E-state index >= 15 is 0 Å². The highest BCUT2D eigenvalue weighted by atomic mass is 32.2. The molecule has 1 aromatic rings. The molecule has 0 aliphatic carbocycles. The zero-order chi connectivity index (χ0) is 19.1. The van der Waals surface area contributed by atoms with Crippen LogP contribution in [0.4, 0.5) is 0 Å². The Balaban J connectivity index is 2.12. The van der Waals surface area contributed by atoms with Crippen molar-refractivity contribution in [3.8, 4) is 5.75 Å². The number of nitrogens with zero attached hydrogens (tertiary/aromatic N) is 2. The molecule has 0 saturated carbocycles. The van der Waals surface area contributed by atoms with E-state index in [0.717, 1.165) is 17.8 Å². The molecular weight excluding hydrogens is 362 g/mol. The first kappa shape index (κ1) is 19.2. The van der Waals surface area contributed by atoms with Crippen molar-refractivity contribution in [1.82, 2.24) is 5.32 Å². The number of amidine groups is 1. The van der Waals surface area contributed by atoms with Crippen LogP contribution in [0.1, 0.15) is 11.1 Å². The van der Waals surface area contributed by atoms with Crippen LogP contribution in [0, 0.1) is 0 Å². The van der Waals surface area contributed by atoms with Gasteiger partial charge in [0.25, 0.3) is 5.91 Å². The van der Waals surface area contributed by atoms with Crippen molar-refractivity contribution in [1.29, 1.82) is 0 Å². The molecule has 136 valence electrons. The zero-order valence-electron chi connectivity index (χ0n) is 13.9. The molecule has 0 bridgehead atoms. The summed E-state index contributed by atoms with van der Waals surface area (Å²) in [5.74, 6) is -1.60. The molecule has 0 aromatic heterocycles. The fourth-order valence-electron chi connectivity index (χ4n) is 1.93. The molecule has 0 unspecified atom stereocenters. The lowest BCUT2D eigenvalue weighted by molar-refractivity contribution is -0.136. The molecule has 1 aromatic carbocycles. The third-order valence-corrected chi connectivity index (χ3v) is 4.00. The normalized spacial score (nSPS) is 16.9. The lowest BCUT2D eigenvalue weighted by Gasteiger charge is -2.06. The van der Waals surface area contributed by atoms with E-state index in [1.807, 2.05) is 0 Å². The Labute approximate surface area is 152 Å². The van der Waals surface area contributed by atoms with Gasteiger partial charge in [-0.15, -0.1) is 5.10 Å². The first-order chi connectivity index (χ1) is 12.4. The van der Waals surface area contributed by atoms with E-state index in [9.17, 15) is 14.4 Å². The third kappa shape index (κ3) is 5.18. The standard InChI is InChI=1S/C16H15N3O6S/c1-24-11-5-9(6-13(20)21)3-4-10(11)8-17-19-16-18-15(23)12(26-16)7-14(22)25-2/h3-5,7-8H,6H2,1-2H3,(H,20,21)(H,18,19,23)/b12-7+,17-8?. The molecule has 10 heteroatoms. The van der Waals surface area contributed by atoms with Crippen LogP contribution < -0.4 is 10.1 Å². The van der Waals surface area contributed by atoms with Crippen LogP contribution in [0.25, 0.3) is 0 Å². The van der Waals surface area contributed by atoms with Gasteiger partial charge in [0.1, 0.15) is 5.75 Å². The number of carbonyl (C=O) groups excluding carboxylic acids is 2. The summed E-state index contributed by atoms with van der Waals surface area (Å²) in [7, 11) is 2.67. The average molecular weight is 377 g/mol. The molecule has 9 nitrogen and oxygen atoms in total. The second kappa shape index (κ2) is 8.81. The number of benzene rings is 1. The number of carboxylic acids is 1. The van der Waals surface area contributed by atoms with Gasteiger partial charge >= 0.3 is 11.9 Å². The monoisotopic (exact) mass is 377 g/mol. The van der Waals surface area contributed by atoms with Crippen molar-refractivity contribution in [2.24, 2.45) is 10.2 Å². The topological polar surface area (TPSA) is 127 Å². The van der Waals surface area contributed by atoms with E-state index in [2.05, 4.69) is 20.3 Å². The van der Waals surface area contributed by atoms with E-state index in [0.29, 0.717) is 16.9 Å². The molecular formula is C16H15N3O6S. The highest BCUT2D eigenvalue weighted by Crippen LogP contribution is 2.23. The Bertz CT molecular complexity index is 831. The largest absolute Gasteiger partial charge is 0.496 e. The summed E-state index contributed by atoms with van der Waals surface area (Å²) in [4.78, 5) is 33.8. The Morgan fingerprint density at radius 2 is 2.12 bits per heavy atom. The summed E-state index contributed by atoms with van der Waals surface area (Å²) in [6, 6.07) is 4.91. The minimum absolute atomic E-state index is 0.117. The second-order valence-electron chi connectivity index (χ2n) is 4.88. The molecule has 1 fully saturated rings. The Kier molecular flexibility index (Phi) is 6.50. The van der Waals surface area contributed by atoms with Crippen molar-refractivity contribution in [3.05, 3.63) is 40.3 Å².